The highest BCUT2D eigenvalue weighted by atomic mass is 35.5. The summed E-state index contributed by atoms with van der Waals surface area (Å²) >= 11 is 6.25. The Morgan fingerprint density at radius 2 is 2.12 bits per heavy atom. The van der Waals surface area contributed by atoms with Crippen LogP contribution in [0.1, 0.15) is 22.7 Å². The molecule has 1 aliphatic rings. The van der Waals surface area contributed by atoms with Crippen LogP contribution >= 0.6 is 11.6 Å². The molecule has 0 saturated heterocycles. The molecule has 1 amide bonds. The zero-order chi connectivity index (χ0) is 22.2. The molecule has 32 heavy (non-hydrogen) atoms. The fourth-order valence-electron chi connectivity index (χ4n) is 4.19. The average molecular weight is 451 g/mol. The van der Waals surface area contributed by atoms with Crippen molar-refractivity contribution >= 4 is 34.0 Å². The van der Waals surface area contributed by atoms with Gasteiger partial charge in [-0.15, -0.1) is 5.10 Å². The summed E-state index contributed by atoms with van der Waals surface area (Å²) in [6.45, 7) is 1.73. The van der Waals surface area contributed by atoms with Gasteiger partial charge in [-0.25, -0.2) is 4.39 Å². The van der Waals surface area contributed by atoms with Crippen molar-refractivity contribution in [3.63, 3.8) is 0 Å². The topological polar surface area (TPSA) is 75.9 Å². The lowest BCUT2D eigenvalue weighted by Crippen LogP contribution is -2.38. The van der Waals surface area contributed by atoms with E-state index in [1.165, 1.54) is 12.1 Å². The molecular formula is C23H20ClFN6O. The number of rotatable bonds is 4. The smallest absolute Gasteiger partial charge is 0.233 e. The van der Waals surface area contributed by atoms with Gasteiger partial charge in [0, 0.05) is 54.9 Å². The van der Waals surface area contributed by atoms with Gasteiger partial charge in [-0.1, -0.05) is 22.9 Å². The highest BCUT2D eigenvalue weighted by molar-refractivity contribution is 6.30. The summed E-state index contributed by atoms with van der Waals surface area (Å²) in [5, 5.41) is 13.1. The minimum Gasteiger partial charge on any atom is -0.324 e. The number of pyridine rings is 1. The van der Waals surface area contributed by atoms with Gasteiger partial charge in [-0.2, -0.15) is 0 Å². The van der Waals surface area contributed by atoms with Crippen LogP contribution in [0.4, 0.5) is 10.1 Å². The predicted molar refractivity (Wildman–Crippen MR) is 120 cm³/mol. The van der Waals surface area contributed by atoms with E-state index >= 15 is 0 Å². The van der Waals surface area contributed by atoms with E-state index in [0.717, 1.165) is 22.2 Å². The highest BCUT2D eigenvalue weighted by Gasteiger charge is 2.31. The van der Waals surface area contributed by atoms with Crippen molar-refractivity contribution in [1.29, 1.82) is 0 Å². The third-order valence-electron chi connectivity index (χ3n) is 5.65. The van der Waals surface area contributed by atoms with Gasteiger partial charge < -0.3 is 5.32 Å². The van der Waals surface area contributed by atoms with Crippen molar-refractivity contribution in [3.8, 4) is 0 Å². The van der Waals surface area contributed by atoms with E-state index in [2.05, 4.69) is 25.5 Å². The fourth-order valence-corrected chi connectivity index (χ4v) is 4.37. The summed E-state index contributed by atoms with van der Waals surface area (Å²) in [4.78, 5) is 19.8. The minimum absolute atomic E-state index is 0.198. The molecule has 1 unspecified atom stereocenters. The maximum atomic E-state index is 13.8. The summed E-state index contributed by atoms with van der Waals surface area (Å²) in [5.74, 6) is -1.03. The molecule has 2 aromatic heterocycles. The van der Waals surface area contributed by atoms with Crippen LogP contribution in [0.3, 0.4) is 0 Å². The summed E-state index contributed by atoms with van der Waals surface area (Å²) in [6.07, 6.45) is 5.05. The normalized spacial score (nSPS) is 16.2. The van der Waals surface area contributed by atoms with Crippen molar-refractivity contribution in [2.75, 3.05) is 11.9 Å². The number of hydrogen-bond acceptors (Lipinski definition) is 5. The molecule has 4 aromatic rings. The minimum atomic E-state index is -0.460. The third kappa shape index (κ3) is 4.06. The maximum Gasteiger partial charge on any atom is 0.233 e. The SMILES string of the molecule is Cn1cc(CN2Cc3ccc(Cl)cc3C(C(=O)Nc3cncc4ccc(F)cc34)C2)nn1. The lowest BCUT2D eigenvalue weighted by molar-refractivity contribution is -0.118. The first-order valence-corrected chi connectivity index (χ1v) is 10.5. The molecule has 5 rings (SSSR count). The Labute approximate surface area is 188 Å². The maximum absolute atomic E-state index is 13.8. The Bertz CT molecular complexity index is 1320. The second kappa shape index (κ2) is 8.29. The number of benzene rings is 2. The molecule has 0 aliphatic carbocycles. The van der Waals surface area contributed by atoms with Crippen LogP contribution in [-0.2, 0) is 24.9 Å². The van der Waals surface area contributed by atoms with Crippen LogP contribution in [-0.4, -0.2) is 37.3 Å². The molecule has 0 saturated carbocycles. The van der Waals surface area contributed by atoms with Gasteiger partial charge >= 0.3 is 0 Å². The fraction of sp³-hybridized carbons (Fsp3) is 0.217. The number of aryl methyl sites for hydroxylation is 1. The number of amides is 1. The van der Waals surface area contributed by atoms with E-state index in [4.69, 9.17) is 11.6 Å². The molecule has 1 N–H and O–H groups in total. The molecule has 7 nitrogen and oxygen atoms in total. The van der Waals surface area contributed by atoms with Gasteiger partial charge in [-0.05, 0) is 41.5 Å². The Hall–Kier alpha value is -3.36. The van der Waals surface area contributed by atoms with Gasteiger partial charge in [0.15, 0.2) is 0 Å². The van der Waals surface area contributed by atoms with Crippen LogP contribution in [0.5, 0.6) is 0 Å². The zero-order valence-electron chi connectivity index (χ0n) is 17.3. The third-order valence-corrected chi connectivity index (χ3v) is 5.89. The summed E-state index contributed by atoms with van der Waals surface area (Å²) in [5.41, 5.74) is 3.23. The Kier molecular flexibility index (Phi) is 5.32. The van der Waals surface area contributed by atoms with Crippen molar-refractivity contribution < 1.29 is 9.18 Å². The number of carbonyl (C=O) groups excluding carboxylic acids is 1. The van der Waals surface area contributed by atoms with E-state index in [1.807, 2.05) is 31.4 Å². The molecule has 0 bridgehead atoms. The average Bonchev–Trinajstić information content (AvgIpc) is 3.18. The Morgan fingerprint density at radius 1 is 1.25 bits per heavy atom. The van der Waals surface area contributed by atoms with E-state index in [9.17, 15) is 9.18 Å². The second-order valence-corrected chi connectivity index (χ2v) is 8.43. The first kappa shape index (κ1) is 20.5. The van der Waals surface area contributed by atoms with E-state index < -0.39 is 5.92 Å². The first-order chi connectivity index (χ1) is 15.5. The molecule has 1 aliphatic heterocycles. The number of fused-ring (bicyclic) bond motifs is 2. The van der Waals surface area contributed by atoms with Gasteiger partial charge in [-0.3, -0.25) is 19.4 Å². The van der Waals surface area contributed by atoms with E-state index in [0.29, 0.717) is 35.7 Å². The molecule has 0 spiro atoms. The number of hydrogen-bond donors (Lipinski definition) is 1. The molecule has 1 atom stereocenters. The number of aromatic nitrogens is 4. The molecular weight excluding hydrogens is 431 g/mol. The monoisotopic (exact) mass is 450 g/mol. The largest absolute Gasteiger partial charge is 0.324 e. The van der Waals surface area contributed by atoms with Crippen LogP contribution in [0, 0.1) is 5.82 Å². The lowest BCUT2D eigenvalue weighted by Gasteiger charge is -2.33. The Balaban J connectivity index is 1.46. The van der Waals surface area contributed by atoms with Crippen molar-refractivity contribution in [3.05, 3.63) is 82.6 Å². The summed E-state index contributed by atoms with van der Waals surface area (Å²) in [6, 6.07) is 10.1. The van der Waals surface area contributed by atoms with Crippen molar-refractivity contribution in [1.82, 2.24) is 24.9 Å². The predicted octanol–water partition coefficient (Wildman–Crippen LogP) is 3.89. The van der Waals surface area contributed by atoms with Gasteiger partial charge in [0.05, 0.1) is 23.5 Å². The van der Waals surface area contributed by atoms with Crippen molar-refractivity contribution in [2.45, 2.75) is 19.0 Å². The van der Waals surface area contributed by atoms with E-state index in [1.54, 1.807) is 23.1 Å². The number of nitrogens with zero attached hydrogens (tertiary/aromatic N) is 5. The number of nitrogens with one attached hydrogen (secondary N) is 1. The number of anilines is 1. The molecule has 0 radical (unpaired) electrons. The quantitative estimate of drug-likeness (QED) is 0.510. The molecule has 3 heterocycles. The Morgan fingerprint density at radius 3 is 2.94 bits per heavy atom. The van der Waals surface area contributed by atoms with Crippen LogP contribution in [0.2, 0.25) is 5.02 Å². The van der Waals surface area contributed by atoms with Crippen LogP contribution < -0.4 is 5.32 Å². The molecule has 0 fully saturated rings. The standard InChI is InChI=1S/C23H20ClFN6O/c1-30-11-18(28-29-30)12-31-10-15-2-4-16(24)6-19(15)21(13-31)23(32)27-22-9-26-8-14-3-5-17(25)7-20(14)22/h2-9,11,21H,10,12-13H2,1H3,(H,27,32). The van der Waals surface area contributed by atoms with Crippen LogP contribution in [0.25, 0.3) is 10.8 Å². The second-order valence-electron chi connectivity index (χ2n) is 7.99. The van der Waals surface area contributed by atoms with Gasteiger partial charge in [0.1, 0.15) is 5.82 Å². The zero-order valence-corrected chi connectivity index (χ0v) is 18.1. The van der Waals surface area contributed by atoms with Crippen molar-refractivity contribution in [2.24, 2.45) is 7.05 Å². The summed E-state index contributed by atoms with van der Waals surface area (Å²) in [7, 11) is 1.82. The lowest BCUT2D eigenvalue weighted by atomic mass is 9.88. The number of halogens is 2. The van der Waals surface area contributed by atoms with Crippen LogP contribution in [0.15, 0.2) is 55.0 Å². The molecule has 9 heteroatoms. The molecule has 162 valence electrons. The molecule has 2 aromatic carbocycles. The van der Waals surface area contributed by atoms with E-state index in [-0.39, 0.29) is 11.7 Å². The highest BCUT2D eigenvalue weighted by Crippen LogP contribution is 2.33. The number of carbonyl (C=O) groups is 1. The van der Waals surface area contributed by atoms with Gasteiger partial charge in [0.2, 0.25) is 5.91 Å². The summed E-state index contributed by atoms with van der Waals surface area (Å²) < 4.78 is 15.5. The first-order valence-electron chi connectivity index (χ1n) is 10.2. The van der Waals surface area contributed by atoms with Gasteiger partial charge in [0.25, 0.3) is 0 Å².